The van der Waals surface area contributed by atoms with Crippen molar-refractivity contribution in [1.29, 1.82) is 0 Å². The van der Waals surface area contributed by atoms with Crippen LogP contribution >= 0.6 is 34.8 Å². The second kappa shape index (κ2) is 10.8. The first-order valence-corrected chi connectivity index (χ1v) is 13.6. The molecule has 8 heteroatoms. The van der Waals surface area contributed by atoms with Gasteiger partial charge >= 0.3 is 6.03 Å². The summed E-state index contributed by atoms with van der Waals surface area (Å²) in [5.41, 5.74) is 5.42. The maximum absolute atomic E-state index is 14.2. The molecule has 37 heavy (non-hydrogen) atoms. The quantitative estimate of drug-likeness (QED) is 0.265. The molecular formula is C29H30Cl3N4O+. The van der Waals surface area contributed by atoms with Crippen molar-refractivity contribution in [2.45, 2.75) is 31.7 Å². The lowest BCUT2D eigenvalue weighted by molar-refractivity contribution is 0.189. The summed E-state index contributed by atoms with van der Waals surface area (Å²) < 4.78 is 0.215. The standard InChI is InChI=1S/C29H29Cl3N4O/c1-20-4-7-26-23(15-20)29(9-12-33-13-10-29)19-36(26,14-2-3-21-5-6-24(30)25(31)16-21)28(37)35-18-22-8-11-34-27(32)17-22/h2-8,11,15-17,33H,9-10,12-14,18-19H2,1H3/p+1/b3-2+. The zero-order chi connectivity index (χ0) is 26.0. The largest absolute Gasteiger partial charge is 0.422 e. The molecule has 3 aromatic rings. The maximum Gasteiger partial charge on any atom is 0.422 e. The van der Waals surface area contributed by atoms with E-state index in [9.17, 15) is 4.79 Å². The van der Waals surface area contributed by atoms with Crippen molar-refractivity contribution in [2.24, 2.45) is 0 Å². The normalized spacial score (nSPS) is 20.3. The molecule has 0 bridgehead atoms. The monoisotopic (exact) mass is 555 g/mol. The second-order valence-corrected chi connectivity index (χ2v) is 11.3. The first-order chi connectivity index (χ1) is 17.8. The molecule has 1 fully saturated rings. The SMILES string of the molecule is Cc1ccc2c(c1)C1(CCNCC1)C[N+]2(C/C=C/c1ccc(Cl)c(Cl)c1)C(=O)NCc1ccnc(Cl)c1. The van der Waals surface area contributed by atoms with E-state index < -0.39 is 0 Å². The Kier molecular flexibility index (Phi) is 7.62. The molecule has 5 rings (SSSR count). The number of hydrogen-bond donors (Lipinski definition) is 2. The van der Waals surface area contributed by atoms with Crippen LogP contribution < -0.4 is 15.1 Å². The summed E-state index contributed by atoms with van der Waals surface area (Å²) in [6.07, 6.45) is 7.76. The van der Waals surface area contributed by atoms with Gasteiger partial charge in [0.15, 0.2) is 0 Å². The van der Waals surface area contributed by atoms with E-state index in [1.807, 2.05) is 24.3 Å². The highest BCUT2D eigenvalue weighted by Crippen LogP contribution is 2.50. The summed E-state index contributed by atoms with van der Waals surface area (Å²) in [4.78, 5) is 18.2. The predicted octanol–water partition coefficient (Wildman–Crippen LogP) is 6.92. The van der Waals surface area contributed by atoms with E-state index in [0.717, 1.165) is 49.3 Å². The van der Waals surface area contributed by atoms with E-state index in [0.29, 0.717) is 28.3 Å². The second-order valence-electron chi connectivity index (χ2n) is 10.1. The van der Waals surface area contributed by atoms with Crippen molar-refractivity contribution in [2.75, 3.05) is 26.2 Å². The number of aryl methyl sites for hydroxylation is 1. The highest BCUT2D eigenvalue weighted by atomic mass is 35.5. The van der Waals surface area contributed by atoms with Gasteiger partial charge in [0.05, 0.1) is 15.5 Å². The van der Waals surface area contributed by atoms with Crippen LogP contribution in [0.1, 0.15) is 35.1 Å². The molecule has 1 atom stereocenters. The minimum absolute atomic E-state index is 0.0211. The lowest BCUT2D eigenvalue weighted by Crippen LogP contribution is -2.60. The van der Waals surface area contributed by atoms with E-state index in [1.165, 1.54) is 11.1 Å². The molecule has 1 aromatic heterocycles. The molecule has 3 heterocycles. The molecule has 2 aliphatic rings. The highest BCUT2D eigenvalue weighted by molar-refractivity contribution is 6.42. The van der Waals surface area contributed by atoms with Crippen molar-refractivity contribution >= 4 is 52.6 Å². The number of nitrogens with one attached hydrogen (secondary N) is 2. The Morgan fingerprint density at radius 3 is 2.65 bits per heavy atom. The number of quaternary nitrogens is 1. The molecule has 0 radical (unpaired) electrons. The van der Waals surface area contributed by atoms with Gasteiger partial charge in [0, 0.05) is 24.4 Å². The number of pyridine rings is 1. The summed E-state index contributed by atoms with van der Waals surface area (Å²) in [7, 11) is 0. The number of aromatic nitrogens is 1. The fourth-order valence-corrected chi connectivity index (χ4v) is 6.26. The van der Waals surface area contributed by atoms with Crippen LogP contribution in [-0.4, -0.2) is 37.2 Å². The first kappa shape index (κ1) is 26.2. The Balaban J connectivity index is 1.51. The van der Waals surface area contributed by atoms with Gasteiger partial charge in [-0.2, -0.15) is 0 Å². The molecule has 1 unspecified atom stereocenters. The molecule has 1 saturated heterocycles. The lowest BCUT2D eigenvalue weighted by Gasteiger charge is -2.36. The Bertz CT molecular complexity index is 1350. The Morgan fingerprint density at radius 2 is 1.89 bits per heavy atom. The molecule has 2 N–H and O–H groups in total. The lowest BCUT2D eigenvalue weighted by atomic mass is 9.74. The fourth-order valence-electron chi connectivity index (χ4n) is 5.76. The summed E-state index contributed by atoms with van der Waals surface area (Å²) in [5, 5.41) is 8.16. The summed E-state index contributed by atoms with van der Waals surface area (Å²) >= 11 is 18.4. The van der Waals surface area contributed by atoms with Crippen molar-refractivity contribution in [3.05, 3.63) is 98.3 Å². The third-order valence-corrected chi connectivity index (χ3v) is 8.56. The molecule has 2 aliphatic heterocycles. The molecule has 0 aliphatic carbocycles. The Hall–Kier alpha value is -2.41. The summed E-state index contributed by atoms with van der Waals surface area (Å²) in [5.74, 6) is 0. The van der Waals surface area contributed by atoms with Crippen molar-refractivity contribution < 1.29 is 4.79 Å². The number of rotatable bonds is 5. The summed E-state index contributed by atoms with van der Waals surface area (Å²) in [6, 6.07) is 15.7. The number of carbonyl (C=O) groups is 1. The van der Waals surface area contributed by atoms with Crippen LogP contribution in [0.2, 0.25) is 15.2 Å². The van der Waals surface area contributed by atoms with Gasteiger partial charge in [-0.25, -0.2) is 14.3 Å². The predicted molar refractivity (Wildman–Crippen MR) is 153 cm³/mol. The van der Waals surface area contributed by atoms with Crippen LogP contribution in [0, 0.1) is 6.92 Å². The molecule has 0 saturated carbocycles. The summed E-state index contributed by atoms with van der Waals surface area (Å²) in [6.45, 7) is 5.65. The number of carbonyl (C=O) groups excluding carboxylic acids is 1. The molecule has 2 amide bonds. The molecule has 192 valence electrons. The number of piperidine rings is 1. The maximum atomic E-state index is 14.2. The average Bonchev–Trinajstić information content (AvgIpc) is 3.14. The van der Waals surface area contributed by atoms with Crippen LogP contribution in [0.15, 0.2) is 60.8 Å². The number of hydrogen-bond acceptors (Lipinski definition) is 3. The number of fused-ring (bicyclic) bond motifs is 2. The third-order valence-electron chi connectivity index (χ3n) is 7.61. The Labute approximate surface area is 233 Å². The number of halogens is 3. The molecule has 5 nitrogen and oxygen atoms in total. The molecular weight excluding hydrogens is 527 g/mol. The highest BCUT2D eigenvalue weighted by Gasteiger charge is 2.57. The minimum atomic E-state index is -0.0403. The van der Waals surface area contributed by atoms with E-state index >= 15 is 0 Å². The smallest absolute Gasteiger partial charge is 0.317 e. The van der Waals surface area contributed by atoms with Gasteiger partial charge in [-0.1, -0.05) is 58.6 Å². The van der Waals surface area contributed by atoms with Gasteiger partial charge in [0.2, 0.25) is 0 Å². The van der Waals surface area contributed by atoms with Gasteiger partial charge in [0.25, 0.3) is 0 Å². The third kappa shape index (κ3) is 5.29. The number of amides is 2. The van der Waals surface area contributed by atoms with Crippen LogP contribution in [-0.2, 0) is 12.0 Å². The van der Waals surface area contributed by atoms with Crippen LogP contribution in [0.3, 0.4) is 0 Å². The molecule has 2 aromatic carbocycles. The van der Waals surface area contributed by atoms with Crippen LogP contribution in [0.25, 0.3) is 6.08 Å². The molecule has 1 spiro atoms. The van der Waals surface area contributed by atoms with E-state index in [2.05, 4.69) is 46.8 Å². The van der Waals surface area contributed by atoms with Crippen molar-refractivity contribution in [1.82, 2.24) is 20.1 Å². The van der Waals surface area contributed by atoms with Gasteiger partial charge in [-0.3, -0.25) is 0 Å². The van der Waals surface area contributed by atoms with Crippen LogP contribution in [0.5, 0.6) is 0 Å². The topological polar surface area (TPSA) is 54.0 Å². The van der Waals surface area contributed by atoms with Crippen LogP contribution in [0.4, 0.5) is 10.5 Å². The minimum Gasteiger partial charge on any atom is -0.317 e. The number of nitrogens with zero attached hydrogens (tertiary/aromatic N) is 2. The van der Waals surface area contributed by atoms with Gasteiger partial charge in [0.1, 0.15) is 23.9 Å². The van der Waals surface area contributed by atoms with E-state index in [1.54, 1.807) is 18.3 Å². The average molecular weight is 557 g/mol. The van der Waals surface area contributed by atoms with Crippen molar-refractivity contribution in [3.8, 4) is 0 Å². The van der Waals surface area contributed by atoms with Crippen molar-refractivity contribution in [3.63, 3.8) is 0 Å². The fraction of sp³-hybridized carbons (Fsp3) is 0.310. The number of urea groups is 1. The zero-order valence-electron chi connectivity index (χ0n) is 20.7. The van der Waals surface area contributed by atoms with Gasteiger partial charge in [-0.15, -0.1) is 0 Å². The Morgan fingerprint density at radius 1 is 1.08 bits per heavy atom. The van der Waals surface area contributed by atoms with Gasteiger partial charge in [-0.05, 0) is 80.4 Å². The van der Waals surface area contributed by atoms with Gasteiger partial charge < -0.3 is 10.6 Å². The zero-order valence-corrected chi connectivity index (χ0v) is 23.0. The van der Waals surface area contributed by atoms with E-state index in [-0.39, 0.29) is 15.9 Å². The first-order valence-electron chi connectivity index (χ1n) is 12.5. The number of benzene rings is 2. The van der Waals surface area contributed by atoms with E-state index in [4.69, 9.17) is 34.8 Å².